The van der Waals surface area contributed by atoms with Crippen molar-refractivity contribution in [1.29, 1.82) is 0 Å². The summed E-state index contributed by atoms with van der Waals surface area (Å²) in [6.45, 7) is 5.14. The van der Waals surface area contributed by atoms with Crippen molar-refractivity contribution < 1.29 is 24.3 Å². The molecule has 0 spiro atoms. The Morgan fingerprint density at radius 3 is 2.28 bits per heavy atom. The van der Waals surface area contributed by atoms with Gasteiger partial charge in [-0.05, 0) is 37.7 Å². The average Bonchev–Trinajstić information content (AvgIpc) is 3.23. The summed E-state index contributed by atoms with van der Waals surface area (Å²) in [4.78, 5) is 55.9. The fourth-order valence-electron chi connectivity index (χ4n) is 2.85. The molecule has 0 fully saturated rings. The second kappa shape index (κ2) is 13.7. The van der Waals surface area contributed by atoms with E-state index in [1.54, 1.807) is 11.8 Å². The second-order valence-electron chi connectivity index (χ2n) is 7.99. The maximum absolute atomic E-state index is 12.9. The highest BCUT2D eigenvalue weighted by Gasteiger charge is 2.29. The molecule has 0 radical (unpaired) electrons. The number of nitrogens with zero attached hydrogens (tertiary/aromatic N) is 1. The molecule has 32 heavy (non-hydrogen) atoms. The number of aliphatic carboxylic acids is 1. The molecule has 1 rings (SSSR count). The van der Waals surface area contributed by atoms with Gasteiger partial charge < -0.3 is 31.8 Å². The fourth-order valence-corrected chi connectivity index (χ4v) is 3.34. The van der Waals surface area contributed by atoms with Crippen LogP contribution in [-0.4, -0.2) is 74.9 Å². The van der Waals surface area contributed by atoms with Crippen LogP contribution >= 0.6 is 11.8 Å². The van der Waals surface area contributed by atoms with E-state index in [1.807, 2.05) is 20.1 Å². The van der Waals surface area contributed by atoms with Crippen LogP contribution in [0.4, 0.5) is 0 Å². The van der Waals surface area contributed by atoms with Crippen LogP contribution in [0, 0.1) is 5.92 Å². The van der Waals surface area contributed by atoms with Crippen molar-refractivity contribution >= 4 is 35.5 Å². The topological polar surface area (TPSA) is 179 Å². The Bertz CT molecular complexity index is 758. The molecule has 180 valence electrons. The number of thioether (sulfide) groups is 1. The molecule has 1 aromatic rings. The number of hydrogen-bond donors (Lipinski definition) is 6. The number of aromatic nitrogens is 2. The van der Waals surface area contributed by atoms with Crippen LogP contribution in [0.1, 0.15) is 39.3 Å². The van der Waals surface area contributed by atoms with Gasteiger partial charge >= 0.3 is 5.97 Å². The zero-order chi connectivity index (χ0) is 24.3. The first-order valence-electron chi connectivity index (χ1n) is 10.4. The summed E-state index contributed by atoms with van der Waals surface area (Å²) in [6, 6.07) is -3.84. The molecular weight excluding hydrogens is 436 g/mol. The Morgan fingerprint density at radius 1 is 1.09 bits per heavy atom. The molecule has 4 atom stereocenters. The summed E-state index contributed by atoms with van der Waals surface area (Å²) in [5.41, 5.74) is 6.51. The summed E-state index contributed by atoms with van der Waals surface area (Å²) in [5.74, 6) is -2.08. The van der Waals surface area contributed by atoms with Gasteiger partial charge in [-0.25, -0.2) is 9.78 Å². The molecule has 0 aromatic carbocycles. The summed E-state index contributed by atoms with van der Waals surface area (Å²) in [5, 5.41) is 16.9. The Balaban J connectivity index is 2.81. The zero-order valence-electron chi connectivity index (χ0n) is 18.9. The first-order chi connectivity index (χ1) is 15.0. The third-order valence-electron chi connectivity index (χ3n) is 4.66. The maximum Gasteiger partial charge on any atom is 0.326 e. The lowest BCUT2D eigenvalue weighted by Crippen LogP contribution is -2.57. The van der Waals surface area contributed by atoms with Gasteiger partial charge in [0.2, 0.25) is 17.7 Å². The zero-order valence-corrected chi connectivity index (χ0v) is 19.7. The van der Waals surface area contributed by atoms with Crippen LogP contribution in [0.25, 0.3) is 0 Å². The molecule has 0 bridgehead atoms. The van der Waals surface area contributed by atoms with Crippen molar-refractivity contribution in [2.24, 2.45) is 11.7 Å². The quantitative estimate of drug-likeness (QED) is 0.213. The average molecular weight is 471 g/mol. The Labute approximate surface area is 192 Å². The van der Waals surface area contributed by atoms with Gasteiger partial charge in [-0.15, -0.1) is 0 Å². The highest BCUT2D eigenvalue weighted by atomic mass is 32.2. The van der Waals surface area contributed by atoms with Gasteiger partial charge in [0.1, 0.15) is 18.1 Å². The molecule has 1 heterocycles. The molecule has 3 amide bonds. The summed E-state index contributed by atoms with van der Waals surface area (Å²) in [7, 11) is 0. The first kappa shape index (κ1) is 27.4. The lowest BCUT2D eigenvalue weighted by atomic mass is 10.0. The molecular formula is C20H34N6O5S. The monoisotopic (exact) mass is 470 g/mol. The van der Waals surface area contributed by atoms with Crippen molar-refractivity contribution in [2.75, 3.05) is 12.0 Å². The SMILES string of the molecule is CSCCC(N)C(=O)NC(Cc1cnc[nH]1)C(=O)NC(C)C(=O)NC(CC(C)C)C(=O)O. The van der Waals surface area contributed by atoms with Crippen molar-refractivity contribution in [3.8, 4) is 0 Å². The third-order valence-corrected chi connectivity index (χ3v) is 5.30. The van der Waals surface area contributed by atoms with Gasteiger partial charge in [-0.3, -0.25) is 14.4 Å². The molecule has 0 saturated carbocycles. The number of H-pyrrole nitrogens is 1. The maximum atomic E-state index is 12.9. The molecule has 0 aliphatic rings. The smallest absolute Gasteiger partial charge is 0.326 e. The number of hydrogen-bond acceptors (Lipinski definition) is 7. The lowest BCUT2D eigenvalue weighted by molar-refractivity contribution is -0.142. The fraction of sp³-hybridized carbons (Fsp3) is 0.650. The molecule has 1 aromatic heterocycles. The van der Waals surface area contributed by atoms with Crippen LogP contribution in [0.2, 0.25) is 0 Å². The van der Waals surface area contributed by atoms with E-state index < -0.39 is 47.9 Å². The normalized spacial score (nSPS) is 14.8. The number of carboxylic acid groups (broad SMARTS) is 1. The van der Waals surface area contributed by atoms with Crippen molar-refractivity contribution in [2.45, 2.75) is 64.2 Å². The van der Waals surface area contributed by atoms with E-state index in [2.05, 4.69) is 25.9 Å². The summed E-state index contributed by atoms with van der Waals surface area (Å²) in [6.07, 6.45) is 5.71. The highest BCUT2D eigenvalue weighted by Crippen LogP contribution is 2.06. The van der Waals surface area contributed by atoms with Crippen molar-refractivity contribution in [1.82, 2.24) is 25.9 Å². The van der Waals surface area contributed by atoms with E-state index in [4.69, 9.17) is 5.73 Å². The number of carbonyl (C=O) groups excluding carboxylic acids is 3. The van der Waals surface area contributed by atoms with Gasteiger partial charge in [0.05, 0.1) is 12.4 Å². The molecule has 0 saturated heterocycles. The van der Waals surface area contributed by atoms with E-state index in [9.17, 15) is 24.3 Å². The number of carbonyl (C=O) groups is 4. The largest absolute Gasteiger partial charge is 0.480 e. The number of nitrogens with two attached hydrogens (primary N) is 1. The van der Waals surface area contributed by atoms with Gasteiger partial charge in [-0.1, -0.05) is 13.8 Å². The molecule has 0 aliphatic heterocycles. The van der Waals surface area contributed by atoms with E-state index in [0.717, 1.165) is 0 Å². The number of amides is 3. The third kappa shape index (κ3) is 9.69. The predicted molar refractivity (Wildman–Crippen MR) is 122 cm³/mol. The number of imidazole rings is 1. The second-order valence-corrected chi connectivity index (χ2v) is 8.97. The highest BCUT2D eigenvalue weighted by molar-refractivity contribution is 7.98. The van der Waals surface area contributed by atoms with Gasteiger partial charge in [0.25, 0.3) is 0 Å². The minimum atomic E-state index is -1.14. The molecule has 0 aliphatic carbocycles. The Morgan fingerprint density at radius 2 is 1.75 bits per heavy atom. The number of rotatable bonds is 14. The minimum Gasteiger partial charge on any atom is -0.480 e. The number of aromatic amines is 1. The lowest BCUT2D eigenvalue weighted by Gasteiger charge is -2.23. The van der Waals surface area contributed by atoms with Crippen molar-refractivity contribution in [3.05, 3.63) is 18.2 Å². The Hall–Kier alpha value is -2.60. The van der Waals surface area contributed by atoms with Crippen LogP contribution in [0.15, 0.2) is 12.5 Å². The Kier molecular flexibility index (Phi) is 11.8. The molecule has 7 N–H and O–H groups in total. The standard InChI is InChI=1S/C20H34N6O5S/c1-11(2)7-16(20(30)31)26-17(27)12(3)24-19(29)15(8-13-9-22-10-23-13)25-18(28)14(21)5-6-32-4/h9-12,14-16H,5-8,21H2,1-4H3,(H,22,23)(H,24,29)(H,25,28)(H,26,27)(H,30,31). The van der Waals surface area contributed by atoms with E-state index >= 15 is 0 Å². The van der Waals surface area contributed by atoms with Crippen LogP contribution in [-0.2, 0) is 25.6 Å². The summed E-state index contributed by atoms with van der Waals surface area (Å²) < 4.78 is 0. The van der Waals surface area contributed by atoms with Gasteiger partial charge in [0.15, 0.2) is 0 Å². The van der Waals surface area contributed by atoms with Crippen molar-refractivity contribution in [3.63, 3.8) is 0 Å². The number of nitrogens with one attached hydrogen (secondary N) is 4. The van der Waals surface area contributed by atoms with E-state index in [1.165, 1.54) is 19.4 Å². The summed E-state index contributed by atoms with van der Waals surface area (Å²) >= 11 is 1.56. The molecule has 12 heteroatoms. The molecule has 4 unspecified atom stereocenters. The first-order valence-corrected chi connectivity index (χ1v) is 11.8. The van der Waals surface area contributed by atoms with Gasteiger partial charge in [0, 0.05) is 18.3 Å². The van der Waals surface area contributed by atoms with Gasteiger partial charge in [-0.2, -0.15) is 11.8 Å². The minimum absolute atomic E-state index is 0.0608. The van der Waals surface area contributed by atoms with Crippen LogP contribution in [0.5, 0.6) is 0 Å². The van der Waals surface area contributed by atoms with E-state index in [-0.39, 0.29) is 18.8 Å². The predicted octanol–water partition coefficient (Wildman–Crippen LogP) is -0.362. The number of carboxylic acids is 1. The van der Waals surface area contributed by atoms with Crippen LogP contribution in [0.3, 0.4) is 0 Å². The molecule has 11 nitrogen and oxygen atoms in total. The van der Waals surface area contributed by atoms with Crippen LogP contribution < -0.4 is 21.7 Å². The van der Waals surface area contributed by atoms with E-state index in [0.29, 0.717) is 17.9 Å².